The van der Waals surface area contributed by atoms with Crippen LogP contribution in [0.25, 0.3) is 0 Å². The van der Waals surface area contributed by atoms with Crippen LogP contribution < -0.4 is 0 Å². The SMILES string of the molecule is O=C(O)C(=O)C[C@@H](OP(=O)(O)O)[C@H](O)CO. The number of carbonyl (C=O) groups excluding carboxylic acids is 1. The van der Waals surface area contributed by atoms with E-state index < -0.39 is 44.8 Å². The highest BCUT2D eigenvalue weighted by atomic mass is 31.2. The van der Waals surface area contributed by atoms with Crippen molar-refractivity contribution in [2.75, 3.05) is 6.61 Å². The maximum atomic E-state index is 10.7. The smallest absolute Gasteiger partial charge is 0.469 e. The van der Waals surface area contributed by atoms with Gasteiger partial charge in [-0.25, -0.2) is 9.36 Å². The number of carboxylic acids is 1. The largest absolute Gasteiger partial charge is 0.475 e. The second-order valence-electron chi connectivity index (χ2n) is 2.82. The van der Waals surface area contributed by atoms with Crippen molar-refractivity contribution in [2.24, 2.45) is 0 Å². The number of carbonyl (C=O) groups is 2. The summed E-state index contributed by atoms with van der Waals surface area (Å²) >= 11 is 0. The molecule has 10 heteroatoms. The van der Waals surface area contributed by atoms with Gasteiger partial charge < -0.3 is 25.1 Å². The van der Waals surface area contributed by atoms with Crippen molar-refractivity contribution in [1.82, 2.24) is 0 Å². The fraction of sp³-hybridized carbons (Fsp3) is 0.667. The number of aliphatic carboxylic acids is 1. The predicted octanol–water partition coefficient (Wildman–Crippen LogP) is -2.14. The van der Waals surface area contributed by atoms with Crippen LogP contribution >= 0.6 is 7.82 Å². The number of aliphatic hydroxyl groups is 2. The van der Waals surface area contributed by atoms with Gasteiger partial charge in [0.05, 0.1) is 6.61 Å². The Balaban J connectivity index is 4.62. The van der Waals surface area contributed by atoms with E-state index >= 15 is 0 Å². The summed E-state index contributed by atoms with van der Waals surface area (Å²) in [4.78, 5) is 37.7. The van der Waals surface area contributed by atoms with Gasteiger partial charge in [-0.15, -0.1) is 0 Å². The van der Waals surface area contributed by atoms with Gasteiger partial charge in [0.25, 0.3) is 0 Å². The zero-order chi connectivity index (χ0) is 12.9. The molecule has 0 spiro atoms. The van der Waals surface area contributed by atoms with Crippen LogP contribution in [0.2, 0.25) is 0 Å². The molecule has 0 aliphatic rings. The number of phosphoric acid groups is 1. The fourth-order valence-electron chi connectivity index (χ4n) is 0.808. The maximum absolute atomic E-state index is 10.7. The molecule has 0 saturated carbocycles. The number of hydrogen-bond acceptors (Lipinski definition) is 6. The first kappa shape index (κ1) is 15.2. The summed E-state index contributed by atoms with van der Waals surface area (Å²) in [6, 6.07) is 0. The molecule has 0 fully saturated rings. The molecule has 0 rings (SSSR count). The zero-order valence-electron chi connectivity index (χ0n) is 7.89. The van der Waals surface area contributed by atoms with Crippen LogP contribution in [0.15, 0.2) is 0 Å². The molecule has 0 amide bonds. The summed E-state index contributed by atoms with van der Waals surface area (Å²) in [6.45, 7) is -0.933. The van der Waals surface area contributed by atoms with Crippen LogP contribution in [-0.4, -0.2) is 55.7 Å². The third kappa shape index (κ3) is 5.91. The quantitative estimate of drug-likeness (QED) is 0.253. The van der Waals surface area contributed by atoms with Crippen LogP contribution in [0, 0.1) is 0 Å². The lowest BCUT2D eigenvalue weighted by atomic mass is 10.1. The second-order valence-corrected chi connectivity index (χ2v) is 4.01. The number of Topliss-reactive ketones (excluding diaryl/α,β-unsaturated/α-hetero) is 1. The molecule has 0 saturated heterocycles. The fourth-order valence-corrected chi connectivity index (χ4v) is 1.38. The molecule has 0 unspecified atom stereocenters. The first-order chi connectivity index (χ1) is 7.17. The highest BCUT2D eigenvalue weighted by Gasteiger charge is 2.31. The van der Waals surface area contributed by atoms with E-state index in [9.17, 15) is 14.2 Å². The molecule has 94 valence electrons. The number of hydrogen-bond donors (Lipinski definition) is 5. The van der Waals surface area contributed by atoms with Gasteiger partial charge in [0.1, 0.15) is 12.2 Å². The molecule has 0 radical (unpaired) electrons. The van der Waals surface area contributed by atoms with E-state index in [4.69, 9.17) is 25.1 Å². The molecular weight excluding hydrogens is 247 g/mol. The lowest BCUT2D eigenvalue weighted by Gasteiger charge is -2.20. The van der Waals surface area contributed by atoms with E-state index in [2.05, 4.69) is 4.52 Å². The molecule has 0 bridgehead atoms. The summed E-state index contributed by atoms with van der Waals surface area (Å²) in [5.41, 5.74) is 0. The van der Waals surface area contributed by atoms with Gasteiger partial charge in [0.2, 0.25) is 5.78 Å². The van der Waals surface area contributed by atoms with Gasteiger partial charge >= 0.3 is 13.8 Å². The van der Waals surface area contributed by atoms with E-state index in [1.165, 1.54) is 0 Å². The average molecular weight is 258 g/mol. The number of phosphoric ester groups is 1. The maximum Gasteiger partial charge on any atom is 0.469 e. The monoisotopic (exact) mass is 258 g/mol. The van der Waals surface area contributed by atoms with Crippen molar-refractivity contribution in [2.45, 2.75) is 18.6 Å². The van der Waals surface area contributed by atoms with Gasteiger partial charge in [0, 0.05) is 6.42 Å². The van der Waals surface area contributed by atoms with Gasteiger partial charge in [-0.1, -0.05) is 0 Å². The minimum atomic E-state index is -4.99. The Labute approximate surface area is 89.5 Å². The summed E-state index contributed by atoms with van der Waals surface area (Å²) < 4.78 is 14.4. The van der Waals surface area contributed by atoms with Crippen molar-refractivity contribution in [1.29, 1.82) is 0 Å². The van der Waals surface area contributed by atoms with E-state index in [1.54, 1.807) is 0 Å². The highest BCUT2D eigenvalue weighted by Crippen LogP contribution is 2.39. The van der Waals surface area contributed by atoms with Crippen LogP contribution in [-0.2, 0) is 18.7 Å². The molecule has 0 aliphatic heterocycles. The lowest BCUT2D eigenvalue weighted by Crippen LogP contribution is -2.35. The molecule has 2 atom stereocenters. The normalized spacial score (nSPS) is 15.5. The average Bonchev–Trinajstić information content (AvgIpc) is 2.13. The van der Waals surface area contributed by atoms with E-state index in [-0.39, 0.29) is 0 Å². The van der Waals surface area contributed by atoms with Gasteiger partial charge in [-0.3, -0.25) is 9.32 Å². The molecule has 0 aromatic heterocycles. The Bertz CT molecular complexity index is 307. The molecule has 9 nitrogen and oxygen atoms in total. The molecule has 0 aromatic carbocycles. The number of carboxylic acid groups (broad SMARTS) is 1. The van der Waals surface area contributed by atoms with E-state index in [1.807, 2.05) is 0 Å². The van der Waals surface area contributed by atoms with Crippen molar-refractivity contribution in [3.05, 3.63) is 0 Å². The van der Waals surface area contributed by atoms with Crippen LogP contribution in [0.3, 0.4) is 0 Å². The summed E-state index contributed by atoms with van der Waals surface area (Å²) in [5.74, 6) is -3.23. The lowest BCUT2D eigenvalue weighted by molar-refractivity contribution is -0.150. The number of rotatable bonds is 7. The third-order valence-corrected chi connectivity index (χ3v) is 2.06. The minimum absolute atomic E-state index is 0.933. The Hall–Kier alpha value is -0.830. The van der Waals surface area contributed by atoms with Gasteiger partial charge in [0.15, 0.2) is 0 Å². The van der Waals surface area contributed by atoms with Crippen LogP contribution in [0.4, 0.5) is 0 Å². The minimum Gasteiger partial charge on any atom is -0.475 e. The van der Waals surface area contributed by atoms with Crippen molar-refractivity contribution >= 4 is 19.6 Å². The molecule has 0 aromatic rings. The summed E-state index contributed by atoms with van der Waals surface area (Å²) in [7, 11) is -4.99. The predicted molar refractivity (Wildman–Crippen MR) is 47.3 cm³/mol. The molecule has 16 heavy (non-hydrogen) atoms. The second kappa shape index (κ2) is 6.04. The van der Waals surface area contributed by atoms with Crippen LogP contribution in [0.5, 0.6) is 0 Å². The van der Waals surface area contributed by atoms with E-state index in [0.29, 0.717) is 0 Å². The van der Waals surface area contributed by atoms with Crippen molar-refractivity contribution in [3.63, 3.8) is 0 Å². The third-order valence-electron chi connectivity index (χ3n) is 1.51. The first-order valence-corrected chi connectivity index (χ1v) is 5.49. The van der Waals surface area contributed by atoms with Gasteiger partial charge in [-0.05, 0) is 0 Å². The highest BCUT2D eigenvalue weighted by molar-refractivity contribution is 7.46. The van der Waals surface area contributed by atoms with Crippen LogP contribution in [0.1, 0.15) is 6.42 Å². The number of ketones is 1. The summed E-state index contributed by atoms with van der Waals surface area (Å²) in [6.07, 6.45) is -4.51. The topological polar surface area (TPSA) is 162 Å². The first-order valence-electron chi connectivity index (χ1n) is 3.96. The zero-order valence-corrected chi connectivity index (χ0v) is 8.78. The number of aliphatic hydroxyl groups excluding tert-OH is 2. The Morgan fingerprint density at radius 1 is 1.31 bits per heavy atom. The molecule has 5 N–H and O–H groups in total. The van der Waals surface area contributed by atoms with E-state index in [0.717, 1.165) is 0 Å². The molecule has 0 heterocycles. The van der Waals surface area contributed by atoms with Crippen molar-refractivity contribution < 1.29 is 43.8 Å². The molecular formula is C6H11O9P. The summed E-state index contributed by atoms with van der Waals surface area (Å²) in [5, 5.41) is 25.8. The Morgan fingerprint density at radius 3 is 2.12 bits per heavy atom. The Morgan fingerprint density at radius 2 is 1.81 bits per heavy atom. The van der Waals surface area contributed by atoms with Gasteiger partial charge in [-0.2, -0.15) is 0 Å². The Kier molecular flexibility index (Phi) is 5.73. The van der Waals surface area contributed by atoms with Crippen molar-refractivity contribution in [3.8, 4) is 0 Å². The molecule has 0 aliphatic carbocycles. The standard InChI is InChI=1S/C6H11O9P/c7-2-4(9)5(15-16(12,13)14)1-3(8)6(10)11/h4-5,7,9H,1-2H2,(H,10,11)(H2,12,13,14)/t4-,5-/m1/s1.